The quantitative estimate of drug-likeness (QED) is 0.587. The third-order valence-electron chi connectivity index (χ3n) is 4.32. The van der Waals surface area contributed by atoms with Gasteiger partial charge in [0.05, 0.1) is 5.39 Å². The molecule has 0 saturated carbocycles. The molecule has 1 amide bonds. The Bertz CT molecular complexity index is 1070. The molecule has 0 saturated heterocycles. The van der Waals surface area contributed by atoms with Crippen LogP contribution in [0.4, 0.5) is 0 Å². The number of rotatable bonds is 6. The summed E-state index contributed by atoms with van der Waals surface area (Å²) >= 11 is 0. The highest BCUT2D eigenvalue weighted by molar-refractivity contribution is 5.95. The van der Waals surface area contributed by atoms with Crippen molar-refractivity contribution in [2.75, 3.05) is 19.6 Å². The second-order valence-electron chi connectivity index (χ2n) is 6.27. The summed E-state index contributed by atoms with van der Waals surface area (Å²) in [7, 11) is 0. The first-order valence-electron chi connectivity index (χ1n) is 8.67. The fourth-order valence-corrected chi connectivity index (χ4v) is 3.01. The molecular formula is C19H21N5O3. The highest BCUT2D eigenvalue weighted by Gasteiger charge is 2.19. The van der Waals surface area contributed by atoms with E-state index in [1.807, 2.05) is 30.3 Å². The van der Waals surface area contributed by atoms with Crippen molar-refractivity contribution in [1.29, 1.82) is 0 Å². The van der Waals surface area contributed by atoms with Crippen molar-refractivity contribution in [3.63, 3.8) is 0 Å². The summed E-state index contributed by atoms with van der Waals surface area (Å²) in [6.45, 7) is 2.90. The zero-order valence-corrected chi connectivity index (χ0v) is 15.0. The van der Waals surface area contributed by atoms with Gasteiger partial charge in [0.2, 0.25) is 0 Å². The molecule has 0 bridgehead atoms. The van der Waals surface area contributed by atoms with Crippen molar-refractivity contribution in [3.8, 4) is 0 Å². The van der Waals surface area contributed by atoms with Crippen molar-refractivity contribution >= 4 is 16.9 Å². The number of aromatic nitrogens is 3. The first kappa shape index (κ1) is 18.5. The van der Waals surface area contributed by atoms with E-state index in [1.165, 1.54) is 0 Å². The second kappa shape index (κ2) is 7.96. The van der Waals surface area contributed by atoms with Gasteiger partial charge in [-0.2, -0.15) is 0 Å². The standard InChI is InChI=1S/C19H21N5O3/c1-12-11-14(21-16-15(12)17(25)23-19(27)22-16)18(26)24(10-8-20)9-7-13-5-3-2-4-6-13/h2-6,11H,7-10,20H2,1H3,(H2,21,22,23,25,27). The number of amides is 1. The monoisotopic (exact) mass is 367 g/mol. The number of carbonyl (C=O) groups is 1. The normalized spacial score (nSPS) is 10.9. The Morgan fingerprint density at radius 3 is 2.59 bits per heavy atom. The molecule has 3 rings (SSSR count). The van der Waals surface area contributed by atoms with E-state index in [-0.39, 0.29) is 22.6 Å². The molecule has 0 aliphatic carbocycles. The molecule has 2 heterocycles. The number of H-pyrrole nitrogens is 2. The van der Waals surface area contributed by atoms with Gasteiger partial charge >= 0.3 is 5.69 Å². The Labute approximate surface area is 155 Å². The number of nitrogens with two attached hydrogens (primary N) is 1. The van der Waals surface area contributed by atoms with Gasteiger partial charge in [-0.15, -0.1) is 0 Å². The summed E-state index contributed by atoms with van der Waals surface area (Å²) in [4.78, 5) is 46.9. The minimum Gasteiger partial charge on any atom is -0.336 e. The summed E-state index contributed by atoms with van der Waals surface area (Å²) < 4.78 is 0. The van der Waals surface area contributed by atoms with Crippen LogP contribution in [0.15, 0.2) is 46.0 Å². The smallest absolute Gasteiger partial charge is 0.327 e. The predicted molar refractivity (Wildman–Crippen MR) is 103 cm³/mol. The molecule has 140 valence electrons. The van der Waals surface area contributed by atoms with Crippen LogP contribution in [0.1, 0.15) is 21.6 Å². The van der Waals surface area contributed by atoms with Gasteiger partial charge in [0, 0.05) is 19.6 Å². The number of aromatic amines is 2. The molecule has 2 aromatic heterocycles. The molecule has 0 fully saturated rings. The average molecular weight is 367 g/mol. The van der Waals surface area contributed by atoms with Gasteiger partial charge < -0.3 is 10.6 Å². The van der Waals surface area contributed by atoms with Crippen molar-refractivity contribution in [3.05, 3.63) is 74.1 Å². The Hall–Kier alpha value is -3.26. The molecule has 0 spiro atoms. The zero-order chi connectivity index (χ0) is 19.4. The Morgan fingerprint density at radius 2 is 1.89 bits per heavy atom. The maximum atomic E-state index is 13.0. The third-order valence-corrected chi connectivity index (χ3v) is 4.32. The number of nitrogens with zero attached hydrogens (tertiary/aromatic N) is 2. The summed E-state index contributed by atoms with van der Waals surface area (Å²) in [5.41, 5.74) is 6.43. The molecular weight excluding hydrogens is 346 g/mol. The van der Waals surface area contributed by atoms with Crippen molar-refractivity contribution < 1.29 is 4.79 Å². The minimum absolute atomic E-state index is 0.0999. The van der Waals surface area contributed by atoms with Crippen molar-refractivity contribution in [1.82, 2.24) is 19.9 Å². The first-order valence-corrected chi connectivity index (χ1v) is 8.67. The molecule has 8 heteroatoms. The Kier molecular flexibility index (Phi) is 5.46. The van der Waals surface area contributed by atoms with Crippen LogP contribution in [0.5, 0.6) is 0 Å². The van der Waals surface area contributed by atoms with E-state index in [4.69, 9.17) is 5.73 Å². The number of benzene rings is 1. The molecule has 3 aromatic rings. The molecule has 0 atom stereocenters. The highest BCUT2D eigenvalue weighted by Crippen LogP contribution is 2.13. The van der Waals surface area contributed by atoms with E-state index in [2.05, 4.69) is 15.0 Å². The Balaban J connectivity index is 1.91. The summed E-state index contributed by atoms with van der Waals surface area (Å²) in [5, 5.41) is 0.265. The molecule has 8 nitrogen and oxygen atoms in total. The second-order valence-corrected chi connectivity index (χ2v) is 6.27. The molecule has 0 radical (unpaired) electrons. The fourth-order valence-electron chi connectivity index (χ4n) is 3.01. The van der Waals surface area contributed by atoms with Gasteiger partial charge in [-0.3, -0.25) is 19.6 Å². The van der Waals surface area contributed by atoms with Gasteiger partial charge in [0.25, 0.3) is 11.5 Å². The molecule has 4 N–H and O–H groups in total. The predicted octanol–water partition coefficient (Wildman–Crippen LogP) is 0.563. The van der Waals surface area contributed by atoms with Gasteiger partial charge in [-0.1, -0.05) is 30.3 Å². The molecule has 27 heavy (non-hydrogen) atoms. The molecule has 0 aliphatic heterocycles. The van der Waals surface area contributed by atoms with Crippen molar-refractivity contribution in [2.45, 2.75) is 13.3 Å². The lowest BCUT2D eigenvalue weighted by atomic mass is 10.1. The van der Waals surface area contributed by atoms with E-state index in [1.54, 1.807) is 17.9 Å². The number of hydrogen-bond acceptors (Lipinski definition) is 5. The van der Waals surface area contributed by atoms with Crippen LogP contribution in [-0.4, -0.2) is 45.4 Å². The van der Waals surface area contributed by atoms with Crippen LogP contribution in [0.2, 0.25) is 0 Å². The summed E-state index contributed by atoms with van der Waals surface area (Å²) in [6, 6.07) is 11.4. The van der Waals surface area contributed by atoms with E-state index >= 15 is 0 Å². The summed E-state index contributed by atoms with van der Waals surface area (Å²) in [6.07, 6.45) is 0.690. The topological polar surface area (TPSA) is 125 Å². The van der Waals surface area contributed by atoms with Crippen LogP contribution in [-0.2, 0) is 6.42 Å². The molecule has 0 aliphatic rings. The van der Waals surface area contributed by atoms with Crippen LogP contribution in [0, 0.1) is 6.92 Å². The van der Waals surface area contributed by atoms with Crippen LogP contribution < -0.4 is 17.0 Å². The fraction of sp³-hybridized carbons (Fsp3) is 0.263. The van der Waals surface area contributed by atoms with Crippen LogP contribution in [0.25, 0.3) is 11.0 Å². The van der Waals surface area contributed by atoms with Gasteiger partial charge in [-0.05, 0) is 30.5 Å². The Morgan fingerprint density at radius 1 is 1.15 bits per heavy atom. The summed E-state index contributed by atoms with van der Waals surface area (Å²) in [5.74, 6) is -0.289. The minimum atomic E-state index is -0.660. The first-order chi connectivity index (χ1) is 13.0. The highest BCUT2D eigenvalue weighted by atomic mass is 16.2. The zero-order valence-electron chi connectivity index (χ0n) is 15.0. The maximum Gasteiger partial charge on any atom is 0.327 e. The van der Waals surface area contributed by atoms with Gasteiger partial charge in [0.15, 0.2) is 0 Å². The van der Waals surface area contributed by atoms with Crippen LogP contribution >= 0.6 is 0 Å². The lowest BCUT2D eigenvalue weighted by molar-refractivity contribution is 0.0756. The largest absolute Gasteiger partial charge is 0.336 e. The van der Waals surface area contributed by atoms with E-state index in [9.17, 15) is 14.4 Å². The van der Waals surface area contributed by atoms with E-state index in [0.29, 0.717) is 31.6 Å². The number of nitrogens with one attached hydrogen (secondary N) is 2. The van der Waals surface area contributed by atoms with Crippen molar-refractivity contribution in [2.24, 2.45) is 5.73 Å². The lowest BCUT2D eigenvalue weighted by Crippen LogP contribution is -2.37. The number of pyridine rings is 1. The van der Waals surface area contributed by atoms with Crippen LogP contribution in [0.3, 0.4) is 0 Å². The maximum absolute atomic E-state index is 13.0. The number of hydrogen-bond donors (Lipinski definition) is 3. The third kappa shape index (κ3) is 4.12. The van der Waals surface area contributed by atoms with Gasteiger partial charge in [0.1, 0.15) is 11.3 Å². The molecule has 0 unspecified atom stereocenters. The molecule has 1 aromatic carbocycles. The average Bonchev–Trinajstić information content (AvgIpc) is 2.64. The number of carbonyl (C=O) groups excluding carboxylic acids is 1. The van der Waals surface area contributed by atoms with E-state index < -0.39 is 11.2 Å². The van der Waals surface area contributed by atoms with Gasteiger partial charge in [-0.25, -0.2) is 9.78 Å². The lowest BCUT2D eigenvalue weighted by Gasteiger charge is -2.22. The number of fused-ring (bicyclic) bond motifs is 1. The van der Waals surface area contributed by atoms with E-state index in [0.717, 1.165) is 5.56 Å². The SMILES string of the molecule is Cc1cc(C(=O)N(CCN)CCc2ccccc2)nc2[nH]c(=O)[nH]c(=O)c12. The number of aryl methyl sites for hydroxylation is 1.